The summed E-state index contributed by atoms with van der Waals surface area (Å²) in [5.74, 6) is -0.817. The van der Waals surface area contributed by atoms with Gasteiger partial charge in [0.15, 0.2) is 6.61 Å². The molecule has 0 radical (unpaired) electrons. The Balaban J connectivity index is 1.67. The summed E-state index contributed by atoms with van der Waals surface area (Å²) in [7, 11) is 0. The van der Waals surface area contributed by atoms with Crippen LogP contribution in [0.15, 0.2) is 34.4 Å². The second-order valence-corrected chi connectivity index (χ2v) is 7.24. The minimum atomic E-state index is -0.592. The Labute approximate surface area is 146 Å². The fourth-order valence-corrected chi connectivity index (χ4v) is 4.29. The molecule has 3 aromatic rings. The standard InChI is InChI=1S/C17H15NO4S2/c1-10-9-23-17(21)18(10)7-15(20)22-8-13(19)16-11(2)12-5-3-4-6-14(12)24-16/h3-6,9H,7-8H2,1-2H3. The van der Waals surface area contributed by atoms with Gasteiger partial charge in [-0.15, -0.1) is 11.3 Å². The van der Waals surface area contributed by atoms with E-state index >= 15 is 0 Å². The molecule has 24 heavy (non-hydrogen) atoms. The molecular formula is C17H15NO4S2. The van der Waals surface area contributed by atoms with Crippen molar-refractivity contribution in [2.75, 3.05) is 6.61 Å². The van der Waals surface area contributed by atoms with E-state index < -0.39 is 5.97 Å². The van der Waals surface area contributed by atoms with E-state index in [1.165, 1.54) is 15.9 Å². The third-order valence-corrected chi connectivity index (χ3v) is 5.92. The van der Waals surface area contributed by atoms with Crippen LogP contribution in [0.25, 0.3) is 10.1 Å². The normalized spacial score (nSPS) is 10.9. The van der Waals surface area contributed by atoms with Crippen molar-refractivity contribution >= 4 is 44.5 Å². The van der Waals surface area contributed by atoms with E-state index in [-0.39, 0.29) is 23.8 Å². The second kappa shape index (κ2) is 6.70. The molecule has 0 amide bonds. The van der Waals surface area contributed by atoms with Gasteiger partial charge in [-0.25, -0.2) is 0 Å². The lowest BCUT2D eigenvalue weighted by Crippen LogP contribution is -2.24. The second-order valence-electron chi connectivity index (χ2n) is 5.37. The van der Waals surface area contributed by atoms with Crippen LogP contribution in [-0.4, -0.2) is 22.9 Å². The maximum Gasteiger partial charge on any atom is 0.326 e. The first kappa shape index (κ1) is 16.6. The number of carbonyl (C=O) groups is 2. The number of aromatic nitrogens is 1. The summed E-state index contributed by atoms with van der Waals surface area (Å²) in [6.07, 6.45) is 0. The van der Waals surface area contributed by atoms with Crippen LogP contribution >= 0.6 is 22.7 Å². The number of benzene rings is 1. The lowest BCUT2D eigenvalue weighted by molar-refractivity contribution is -0.143. The van der Waals surface area contributed by atoms with Crippen LogP contribution in [0.3, 0.4) is 0 Å². The Morgan fingerprint density at radius 3 is 2.62 bits per heavy atom. The van der Waals surface area contributed by atoms with Gasteiger partial charge in [0.2, 0.25) is 5.78 Å². The summed E-state index contributed by atoms with van der Waals surface area (Å²) in [5, 5.41) is 2.72. The van der Waals surface area contributed by atoms with Crippen LogP contribution in [0.4, 0.5) is 0 Å². The van der Waals surface area contributed by atoms with Crippen LogP contribution in [0.1, 0.15) is 20.9 Å². The lowest BCUT2D eigenvalue weighted by atomic mass is 10.1. The zero-order chi connectivity index (χ0) is 17.3. The van der Waals surface area contributed by atoms with Crippen LogP contribution in [-0.2, 0) is 16.1 Å². The number of aryl methyl sites for hydroxylation is 2. The van der Waals surface area contributed by atoms with E-state index in [0.29, 0.717) is 10.6 Å². The minimum absolute atomic E-state index is 0.174. The molecule has 0 aliphatic carbocycles. The Bertz CT molecular complexity index is 980. The molecule has 0 spiro atoms. The minimum Gasteiger partial charge on any atom is -0.456 e. The number of nitrogens with zero attached hydrogens (tertiary/aromatic N) is 1. The maximum atomic E-state index is 12.3. The zero-order valence-corrected chi connectivity index (χ0v) is 14.8. The molecule has 2 heterocycles. The average Bonchev–Trinajstić information content (AvgIpc) is 3.07. The molecular weight excluding hydrogens is 346 g/mol. The van der Waals surface area contributed by atoms with Crippen LogP contribution < -0.4 is 4.87 Å². The fraction of sp³-hybridized carbons (Fsp3) is 0.235. The summed E-state index contributed by atoms with van der Waals surface area (Å²) < 4.78 is 7.42. The molecule has 0 bridgehead atoms. The summed E-state index contributed by atoms with van der Waals surface area (Å²) in [5.41, 5.74) is 1.61. The summed E-state index contributed by atoms with van der Waals surface area (Å²) in [4.78, 5) is 36.2. The van der Waals surface area contributed by atoms with E-state index in [9.17, 15) is 14.4 Å². The number of carbonyl (C=O) groups excluding carboxylic acids is 2. The monoisotopic (exact) mass is 361 g/mol. The van der Waals surface area contributed by atoms with Gasteiger partial charge >= 0.3 is 10.8 Å². The highest BCUT2D eigenvalue weighted by Gasteiger charge is 2.17. The van der Waals surface area contributed by atoms with E-state index in [1.807, 2.05) is 31.2 Å². The van der Waals surface area contributed by atoms with Crippen molar-refractivity contribution in [1.29, 1.82) is 0 Å². The molecule has 0 saturated carbocycles. The van der Waals surface area contributed by atoms with Gasteiger partial charge in [0.25, 0.3) is 0 Å². The highest BCUT2D eigenvalue weighted by Crippen LogP contribution is 2.30. The van der Waals surface area contributed by atoms with Gasteiger partial charge in [0, 0.05) is 15.8 Å². The van der Waals surface area contributed by atoms with Crippen LogP contribution in [0, 0.1) is 13.8 Å². The Morgan fingerprint density at radius 1 is 1.21 bits per heavy atom. The third-order valence-electron chi connectivity index (χ3n) is 3.72. The van der Waals surface area contributed by atoms with Gasteiger partial charge in [-0.05, 0) is 30.9 Å². The first-order valence-electron chi connectivity index (χ1n) is 7.29. The highest BCUT2D eigenvalue weighted by molar-refractivity contribution is 7.21. The van der Waals surface area contributed by atoms with Gasteiger partial charge < -0.3 is 4.74 Å². The SMILES string of the molecule is Cc1c(C(=O)COC(=O)Cn2c(C)csc2=O)sc2ccccc12. The molecule has 0 unspecified atom stereocenters. The molecule has 0 aliphatic heterocycles. The largest absolute Gasteiger partial charge is 0.456 e. The molecule has 2 aromatic heterocycles. The molecule has 5 nitrogen and oxygen atoms in total. The van der Waals surface area contributed by atoms with Gasteiger partial charge in [-0.2, -0.15) is 0 Å². The van der Waals surface area contributed by atoms with Crippen molar-refractivity contribution in [2.24, 2.45) is 0 Å². The van der Waals surface area contributed by atoms with Crippen LogP contribution in [0.2, 0.25) is 0 Å². The number of ketones is 1. The first-order valence-corrected chi connectivity index (χ1v) is 8.99. The van der Waals surface area contributed by atoms with E-state index in [1.54, 1.807) is 12.3 Å². The van der Waals surface area contributed by atoms with E-state index in [0.717, 1.165) is 27.0 Å². The molecule has 124 valence electrons. The molecule has 3 rings (SSSR count). The molecule has 0 N–H and O–H groups in total. The van der Waals surface area contributed by atoms with Crippen molar-refractivity contribution < 1.29 is 14.3 Å². The number of Topliss-reactive ketones (excluding diaryl/α,β-unsaturated/α-hetero) is 1. The summed E-state index contributed by atoms with van der Waals surface area (Å²) in [6.45, 7) is 3.15. The quantitative estimate of drug-likeness (QED) is 0.517. The highest BCUT2D eigenvalue weighted by atomic mass is 32.1. The number of ether oxygens (including phenoxy) is 1. The van der Waals surface area contributed by atoms with Crippen molar-refractivity contribution in [3.8, 4) is 0 Å². The topological polar surface area (TPSA) is 65.4 Å². The average molecular weight is 361 g/mol. The van der Waals surface area contributed by atoms with Gasteiger partial charge in [0.1, 0.15) is 6.54 Å². The van der Waals surface area contributed by atoms with E-state index in [2.05, 4.69) is 0 Å². The number of thiazole rings is 1. The lowest BCUT2D eigenvalue weighted by Gasteiger charge is -2.05. The summed E-state index contributed by atoms with van der Waals surface area (Å²) in [6, 6.07) is 7.78. The Hall–Kier alpha value is -2.25. The predicted molar refractivity (Wildman–Crippen MR) is 95.2 cm³/mol. The number of thiophene rings is 1. The molecule has 0 aliphatic rings. The molecule has 1 aromatic carbocycles. The van der Waals surface area contributed by atoms with Crippen molar-refractivity contribution in [3.05, 3.63) is 55.4 Å². The van der Waals surface area contributed by atoms with E-state index in [4.69, 9.17) is 4.74 Å². The Kier molecular flexibility index (Phi) is 4.64. The van der Waals surface area contributed by atoms with Gasteiger partial charge in [-0.3, -0.25) is 19.0 Å². The molecule has 0 atom stereocenters. The van der Waals surface area contributed by atoms with Gasteiger partial charge in [-0.1, -0.05) is 29.5 Å². The molecule has 0 fully saturated rings. The van der Waals surface area contributed by atoms with Crippen LogP contribution in [0.5, 0.6) is 0 Å². The smallest absolute Gasteiger partial charge is 0.326 e. The number of rotatable bonds is 5. The molecule has 0 saturated heterocycles. The van der Waals surface area contributed by atoms with Crippen molar-refractivity contribution in [3.63, 3.8) is 0 Å². The van der Waals surface area contributed by atoms with Crippen molar-refractivity contribution in [1.82, 2.24) is 4.57 Å². The number of esters is 1. The fourth-order valence-electron chi connectivity index (χ4n) is 2.42. The Morgan fingerprint density at radius 2 is 1.96 bits per heavy atom. The number of hydrogen-bond acceptors (Lipinski definition) is 6. The molecule has 7 heteroatoms. The van der Waals surface area contributed by atoms with Gasteiger partial charge in [0.05, 0.1) is 4.88 Å². The number of hydrogen-bond donors (Lipinski definition) is 0. The third kappa shape index (κ3) is 3.18. The van der Waals surface area contributed by atoms with Crippen molar-refractivity contribution in [2.45, 2.75) is 20.4 Å². The summed E-state index contributed by atoms with van der Waals surface area (Å²) >= 11 is 2.43. The zero-order valence-electron chi connectivity index (χ0n) is 13.2. The maximum absolute atomic E-state index is 12.3. The first-order chi connectivity index (χ1) is 11.5. The predicted octanol–water partition coefficient (Wildman–Crippen LogP) is 3.17. The number of fused-ring (bicyclic) bond motifs is 1.